The molecule has 0 saturated carbocycles. The Morgan fingerprint density at radius 1 is 1.46 bits per heavy atom. The quantitative estimate of drug-likeness (QED) is 0.704. The molecule has 1 aliphatic rings. The summed E-state index contributed by atoms with van der Waals surface area (Å²) in [6.07, 6.45) is 4.71. The first-order chi connectivity index (χ1) is 6.38. The molecule has 1 aliphatic heterocycles. The Morgan fingerprint density at radius 3 is 3.08 bits per heavy atom. The van der Waals surface area contributed by atoms with E-state index in [0.717, 1.165) is 24.4 Å². The van der Waals surface area contributed by atoms with Gasteiger partial charge in [-0.1, -0.05) is 6.08 Å². The van der Waals surface area contributed by atoms with Crippen molar-refractivity contribution in [2.24, 2.45) is 0 Å². The molecule has 0 spiro atoms. The van der Waals surface area contributed by atoms with Gasteiger partial charge in [0.2, 0.25) is 0 Å². The molecular formula is C10H12N2O. The van der Waals surface area contributed by atoms with E-state index in [2.05, 4.69) is 4.98 Å². The maximum absolute atomic E-state index is 5.81. The van der Waals surface area contributed by atoms with Crippen molar-refractivity contribution in [1.29, 1.82) is 0 Å². The molecule has 0 fully saturated rings. The van der Waals surface area contributed by atoms with E-state index in [4.69, 9.17) is 10.5 Å². The van der Waals surface area contributed by atoms with Gasteiger partial charge in [-0.2, -0.15) is 0 Å². The first-order valence-electron chi connectivity index (χ1n) is 4.35. The highest BCUT2D eigenvalue weighted by atomic mass is 16.5. The second kappa shape index (κ2) is 3.58. The van der Waals surface area contributed by atoms with Crippen molar-refractivity contribution in [2.75, 3.05) is 18.9 Å². The molecule has 3 nitrogen and oxygen atoms in total. The normalized spacial score (nSPS) is 16.8. The summed E-state index contributed by atoms with van der Waals surface area (Å²) in [6, 6.07) is 3.72. The molecule has 3 heteroatoms. The van der Waals surface area contributed by atoms with Crippen LogP contribution in [-0.4, -0.2) is 18.2 Å². The lowest BCUT2D eigenvalue weighted by Crippen LogP contribution is -2.06. The third kappa shape index (κ3) is 1.70. The van der Waals surface area contributed by atoms with Gasteiger partial charge < -0.3 is 10.5 Å². The van der Waals surface area contributed by atoms with Crippen molar-refractivity contribution in [1.82, 2.24) is 4.98 Å². The summed E-state index contributed by atoms with van der Waals surface area (Å²) >= 11 is 0. The Bertz CT molecular complexity index is 333. The fraction of sp³-hybridized carbons (Fsp3) is 0.300. The van der Waals surface area contributed by atoms with E-state index in [1.807, 2.05) is 18.2 Å². The monoisotopic (exact) mass is 176 g/mol. The first kappa shape index (κ1) is 8.26. The Morgan fingerprint density at radius 2 is 2.38 bits per heavy atom. The molecule has 2 N–H and O–H groups in total. The van der Waals surface area contributed by atoms with Gasteiger partial charge in [0.15, 0.2) is 0 Å². The summed E-state index contributed by atoms with van der Waals surface area (Å²) in [6.45, 7) is 1.44. The van der Waals surface area contributed by atoms with Gasteiger partial charge in [-0.3, -0.25) is 4.98 Å². The topological polar surface area (TPSA) is 48.1 Å². The smallest absolute Gasteiger partial charge is 0.0889 e. The Balaban J connectivity index is 2.34. The minimum atomic E-state index is 0.672. The number of aromatic nitrogens is 1. The molecule has 0 amide bonds. The van der Waals surface area contributed by atoms with Crippen LogP contribution in [0.1, 0.15) is 12.1 Å². The lowest BCUT2D eigenvalue weighted by molar-refractivity contribution is 0.161. The molecule has 0 radical (unpaired) electrons. The van der Waals surface area contributed by atoms with Gasteiger partial charge in [0.05, 0.1) is 24.6 Å². The van der Waals surface area contributed by atoms with E-state index < -0.39 is 0 Å². The van der Waals surface area contributed by atoms with E-state index in [0.29, 0.717) is 6.61 Å². The molecule has 1 aromatic rings. The van der Waals surface area contributed by atoms with E-state index >= 15 is 0 Å². The van der Waals surface area contributed by atoms with Crippen LogP contribution in [0.4, 0.5) is 5.69 Å². The van der Waals surface area contributed by atoms with E-state index in [1.54, 1.807) is 6.20 Å². The number of nitrogen functional groups attached to an aromatic ring is 1. The number of hydrogen-bond donors (Lipinski definition) is 1. The fourth-order valence-corrected chi connectivity index (χ4v) is 1.43. The van der Waals surface area contributed by atoms with Crippen LogP contribution in [-0.2, 0) is 4.74 Å². The van der Waals surface area contributed by atoms with E-state index in [1.165, 1.54) is 5.57 Å². The molecule has 0 atom stereocenters. The standard InChI is InChI=1S/C10H12N2O/c11-9-2-1-5-12-10(9)8-3-6-13-7-4-8/h1-3,5H,4,6-7,11H2. The highest BCUT2D eigenvalue weighted by molar-refractivity contribution is 5.72. The van der Waals surface area contributed by atoms with Crippen LogP contribution < -0.4 is 5.73 Å². The van der Waals surface area contributed by atoms with Gasteiger partial charge in [-0.25, -0.2) is 0 Å². The van der Waals surface area contributed by atoms with Gasteiger partial charge in [0.25, 0.3) is 0 Å². The zero-order valence-corrected chi connectivity index (χ0v) is 7.36. The molecule has 2 rings (SSSR count). The van der Waals surface area contributed by atoms with E-state index in [-0.39, 0.29) is 0 Å². The van der Waals surface area contributed by atoms with Crippen molar-refractivity contribution < 1.29 is 4.74 Å². The third-order valence-electron chi connectivity index (χ3n) is 2.11. The molecule has 0 saturated heterocycles. The highest BCUT2D eigenvalue weighted by Gasteiger charge is 2.09. The molecule has 0 bridgehead atoms. The van der Waals surface area contributed by atoms with Crippen LogP contribution in [0.5, 0.6) is 0 Å². The SMILES string of the molecule is Nc1cccnc1C1=CCOCC1. The lowest BCUT2D eigenvalue weighted by atomic mass is 10.1. The summed E-state index contributed by atoms with van der Waals surface area (Å²) in [5.41, 5.74) is 8.66. The number of nitrogens with two attached hydrogens (primary N) is 1. The van der Waals surface area contributed by atoms with Crippen molar-refractivity contribution in [3.05, 3.63) is 30.1 Å². The van der Waals surface area contributed by atoms with Crippen LogP contribution in [0.2, 0.25) is 0 Å². The summed E-state index contributed by atoms with van der Waals surface area (Å²) in [7, 11) is 0. The van der Waals surface area contributed by atoms with Crippen molar-refractivity contribution in [3.8, 4) is 0 Å². The molecule has 0 unspecified atom stereocenters. The number of rotatable bonds is 1. The van der Waals surface area contributed by atoms with Crippen molar-refractivity contribution in [3.63, 3.8) is 0 Å². The summed E-state index contributed by atoms with van der Waals surface area (Å²) in [4.78, 5) is 4.25. The zero-order valence-electron chi connectivity index (χ0n) is 7.36. The predicted molar refractivity (Wildman–Crippen MR) is 52.1 cm³/mol. The van der Waals surface area contributed by atoms with Crippen LogP contribution in [0, 0.1) is 0 Å². The molecule has 68 valence electrons. The minimum Gasteiger partial charge on any atom is -0.397 e. The summed E-state index contributed by atoms with van der Waals surface area (Å²) < 4.78 is 5.22. The zero-order chi connectivity index (χ0) is 9.10. The molecular weight excluding hydrogens is 164 g/mol. The Hall–Kier alpha value is -1.35. The molecule has 1 aromatic heterocycles. The van der Waals surface area contributed by atoms with E-state index in [9.17, 15) is 0 Å². The summed E-state index contributed by atoms with van der Waals surface area (Å²) in [5, 5.41) is 0. The van der Waals surface area contributed by atoms with Crippen LogP contribution in [0.15, 0.2) is 24.4 Å². The van der Waals surface area contributed by atoms with Crippen LogP contribution in [0.25, 0.3) is 5.57 Å². The van der Waals surface area contributed by atoms with Gasteiger partial charge >= 0.3 is 0 Å². The second-order valence-corrected chi connectivity index (χ2v) is 3.00. The molecule has 0 aromatic carbocycles. The first-order valence-corrected chi connectivity index (χ1v) is 4.35. The second-order valence-electron chi connectivity index (χ2n) is 3.00. The Kier molecular flexibility index (Phi) is 2.27. The number of anilines is 1. The third-order valence-corrected chi connectivity index (χ3v) is 2.11. The van der Waals surface area contributed by atoms with Crippen LogP contribution in [0.3, 0.4) is 0 Å². The average Bonchev–Trinajstić information content (AvgIpc) is 2.20. The summed E-state index contributed by atoms with van der Waals surface area (Å²) in [5.74, 6) is 0. The number of pyridine rings is 1. The van der Waals surface area contributed by atoms with Crippen molar-refractivity contribution in [2.45, 2.75) is 6.42 Å². The molecule has 2 heterocycles. The lowest BCUT2D eigenvalue weighted by Gasteiger charge is -2.13. The average molecular weight is 176 g/mol. The predicted octanol–water partition coefficient (Wildman–Crippen LogP) is 1.47. The fourth-order valence-electron chi connectivity index (χ4n) is 1.43. The van der Waals surface area contributed by atoms with Gasteiger partial charge in [0, 0.05) is 6.20 Å². The number of nitrogens with zero attached hydrogens (tertiary/aromatic N) is 1. The van der Waals surface area contributed by atoms with Gasteiger partial charge in [-0.05, 0) is 24.1 Å². The number of ether oxygens (including phenoxy) is 1. The largest absolute Gasteiger partial charge is 0.397 e. The maximum atomic E-state index is 5.81. The maximum Gasteiger partial charge on any atom is 0.0889 e. The van der Waals surface area contributed by atoms with Crippen LogP contribution >= 0.6 is 0 Å². The van der Waals surface area contributed by atoms with Gasteiger partial charge in [0.1, 0.15) is 0 Å². The minimum absolute atomic E-state index is 0.672. The van der Waals surface area contributed by atoms with Gasteiger partial charge in [-0.15, -0.1) is 0 Å². The molecule has 13 heavy (non-hydrogen) atoms. The highest BCUT2D eigenvalue weighted by Crippen LogP contribution is 2.23. The Labute approximate surface area is 77.2 Å². The molecule has 0 aliphatic carbocycles. The van der Waals surface area contributed by atoms with Crippen molar-refractivity contribution >= 4 is 11.3 Å². The number of hydrogen-bond acceptors (Lipinski definition) is 3.